The van der Waals surface area contributed by atoms with Crippen molar-refractivity contribution in [1.82, 2.24) is 0 Å². The molecule has 0 fully saturated rings. The van der Waals surface area contributed by atoms with Gasteiger partial charge in [-0.2, -0.15) is 0 Å². The summed E-state index contributed by atoms with van der Waals surface area (Å²) >= 11 is 2.05. The average molecular weight is 598 g/mol. The fourth-order valence-corrected chi connectivity index (χ4v) is 13.2. The Morgan fingerprint density at radius 3 is 2.16 bits per heavy atom. The fraction of sp³-hybridized carbons (Fsp3) is 0.333. The Bertz CT molecular complexity index is 1900. The van der Waals surface area contributed by atoms with Crippen LogP contribution < -0.4 is 31.2 Å². The molecule has 0 saturated heterocycles. The van der Waals surface area contributed by atoms with Crippen LogP contribution in [0, 0.1) is 0 Å². The predicted octanol–water partition coefficient (Wildman–Crippen LogP) is 8.09. The number of fused-ring (bicyclic) bond motifs is 6. The van der Waals surface area contributed by atoms with Crippen LogP contribution in [0.2, 0.25) is 0 Å². The minimum atomic E-state index is -0.408. The topological polar surface area (TPSA) is 3.24 Å². The van der Waals surface area contributed by atoms with E-state index in [0.717, 1.165) is 25.7 Å². The smallest absolute Gasteiger partial charge is 0.260 e. The van der Waals surface area contributed by atoms with Crippen molar-refractivity contribution in [3.8, 4) is 0 Å². The molecule has 3 aliphatic heterocycles. The van der Waals surface area contributed by atoms with Gasteiger partial charge in [0.2, 0.25) is 0 Å². The molecule has 1 nitrogen and oxygen atoms in total. The standard InChI is InChI=1S/C39H41BNPS/c1-7-24-12-15-28(16-13-24)41-33-21-27(10-4)22-34-36(33)40(39-37(41)31-18-25(8-2)14-17-35(31)43-39)32-20-26(9-3)19-30-29(11-5)23(6)42(34)38(30)32/h12-23,29H,7-11H2,1-6H3. The van der Waals surface area contributed by atoms with Crippen LogP contribution in [0.1, 0.15) is 81.7 Å². The lowest BCUT2D eigenvalue weighted by molar-refractivity contribution is 0.666. The number of hydrogen-bond acceptors (Lipinski definition) is 2. The van der Waals surface area contributed by atoms with Gasteiger partial charge in [0.15, 0.2) is 0 Å². The first kappa shape index (κ1) is 27.7. The van der Waals surface area contributed by atoms with Gasteiger partial charge < -0.3 is 4.90 Å². The van der Waals surface area contributed by atoms with Gasteiger partial charge >= 0.3 is 0 Å². The summed E-state index contributed by atoms with van der Waals surface area (Å²) < 4.78 is 2.96. The van der Waals surface area contributed by atoms with Crippen molar-refractivity contribution in [3.63, 3.8) is 0 Å². The molecule has 0 amide bonds. The second-order valence-electron chi connectivity index (χ2n) is 12.8. The largest absolute Gasteiger partial charge is 0.310 e. The van der Waals surface area contributed by atoms with Gasteiger partial charge in [0.1, 0.15) is 0 Å². The summed E-state index contributed by atoms with van der Waals surface area (Å²) in [5, 5.41) is 4.83. The van der Waals surface area contributed by atoms with E-state index in [4.69, 9.17) is 0 Å². The SMILES string of the molecule is CCc1ccc(N2c3cc(CC)cc4c3B(c3cc(CC)cc5c3P4C(C)C5CC)c3sc4ccc(CC)cc4c32)cc1. The molecule has 4 aromatic carbocycles. The maximum Gasteiger partial charge on any atom is 0.260 e. The van der Waals surface area contributed by atoms with Crippen LogP contribution in [0.15, 0.2) is 66.7 Å². The Labute approximate surface area is 263 Å². The molecular weight excluding hydrogens is 556 g/mol. The van der Waals surface area contributed by atoms with E-state index in [1.165, 1.54) is 55.8 Å². The first-order valence-electron chi connectivity index (χ1n) is 16.6. The van der Waals surface area contributed by atoms with Gasteiger partial charge in [0.05, 0.1) is 5.69 Å². The van der Waals surface area contributed by atoms with Crippen molar-refractivity contribution < 1.29 is 0 Å². The zero-order valence-corrected chi connectivity index (χ0v) is 28.1. The van der Waals surface area contributed by atoms with E-state index >= 15 is 0 Å². The van der Waals surface area contributed by atoms with Crippen molar-refractivity contribution in [2.75, 3.05) is 4.90 Å². The molecule has 0 aliphatic carbocycles. The first-order chi connectivity index (χ1) is 21.0. The Morgan fingerprint density at radius 2 is 1.47 bits per heavy atom. The number of anilines is 3. The van der Waals surface area contributed by atoms with E-state index in [0.29, 0.717) is 18.3 Å². The third-order valence-corrected chi connectivity index (χ3v) is 14.9. The molecule has 4 heterocycles. The highest BCUT2D eigenvalue weighted by Gasteiger charge is 2.50. The molecule has 1 aromatic heterocycles. The van der Waals surface area contributed by atoms with Crippen LogP contribution in [-0.2, 0) is 25.7 Å². The van der Waals surface area contributed by atoms with Crippen molar-refractivity contribution in [2.45, 2.75) is 85.2 Å². The summed E-state index contributed by atoms with van der Waals surface area (Å²) in [5.41, 5.74) is 15.5. The number of aryl methyl sites for hydroxylation is 4. The van der Waals surface area contributed by atoms with Gasteiger partial charge in [0.25, 0.3) is 6.71 Å². The molecule has 0 radical (unpaired) electrons. The molecule has 3 atom stereocenters. The molecule has 0 spiro atoms. The maximum atomic E-state index is 2.67. The van der Waals surface area contributed by atoms with Crippen molar-refractivity contribution in [2.24, 2.45) is 0 Å². The van der Waals surface area contributed by atoms with Crippen LogP contribution in [0.25, 0.3) is 10.1 Å². The Morgan fingerprint density at radius 1 is 0.767 bits per heavy atom. The van der Waals surface area contributed by atoms with E-state index < -0.39 is 7.92 Å². The van der Waals surface area contributed by atoms with E-state index in [1.807, 2.05) is 0 Å². The van der Waals surface area contributed by atoms with Crippen LogP contribution in [-0.4, -0.2) is 12.4 Å². The average Bonchev–Trinajstić information content (AvgIpc) is 3.56. The van der Waals surface area contributed by atoms with E-state index in [-0.39, 0.29) is 0 Å². The molecule has 3 unspecified atom stereocenters. The van der Waals surface area contributed by atoms with E-state index in [9.17, 15) is 0 Å². The monoisotopic (exact) mass is 597 g/mol. The Kier molecular flexibility index (Phi) is 6.66. The maximum absolute atomic E-state index is 2.67. The molecule has 0 saturated carbocycles. The quantitative estimate of drug-likeness (QED) is 0.139. The summed E-state index contributed by atoms with van der Waals surface area (Å²) in [6.07, 6.45) is 5.51. The van der Waals surface area contributed by atoms with Crippen molar-refractivity contribution in [1.29, 1.82) is 0 Å². The molecule has 3 aliphatic rings. The molecular formula is C39H41BNPS. The lowest BCUT2D eigenvalue weighted by Crippen LogP contribution is -2.66. The van der Waals surface area contributed by atoms with Gasteiger partial charge in [-0.25, -0.2) is 0 Å². The van der Waals surface area contributed by atoms with Crippen LogP contribution in [0.3, 0.4) is 0 Å². The number of nitrogens with zero attached hydrogens (tertiary/aromatic N) is 1. The zero-order chi connectivity index (χ0) is 29.6. The van der Waals surface area contributed by atoms with Gasteiger partial charge in [-0.3, -0.25) is 0 Å². The van der Waals surface area contributed by atoms with Gasteiger partial charge in [-0.1, -0.05) is 83.4 Å². The highest BCUT2D eigenvalue weighted by molar-refractivity contribution is 7.76. The Balaban J connectivity index is 1.52. The molecule has 4 heteroatoms. The van der Waals surface area contributed by atoms with E-state index in [1.54, 1.807) is 31.9 Å². The fourth-order valence-electron chi connectivity index (χ4n) is 8.33. The highest BCUT2D eigenvalue weighted by Crippen LogP contribution is 2.56. The van der Waals surface area contributed by atoms with Crippen LogP contribution in [0.4, 0.5) is 17.1 Å². The van der Waals surface area contributed by atoms with Gasteiger partial charge in [-0.15, -0.1) is 11.3 Å². The van der Waals surface area contributed by atoms with Gasteiger partial charge in [-0.05, 0) is 126 Å². The molecule has 8 rings (SSSR count). The van der Waals surface area contributed by atoms with E-state index in [2.05, 4.69) is 125 Å². The molecule has 5 aromatic rings. The minimum Gasteiger partial charge on any atom is -0.310 e. The third kappa shape index (κ3) is 3.87. The van der Waals surface area contributed by atoms with Crippen molar-refractivity contribution in [3.05, 3.63) is 94.5 Å². The summed E-state index contributed by atoms with van der Waals surface area (Å²) in [5.74, 6) is 0.652. The molecule has 216 valence electrons. The third-order valence-electron chi connectivity index (χ3n) is 10.7. The zero-order valence-electron chi connectivity index (χ0n) is 26.4. The first-order valence-corrected chi connectivity index (χ1v) is 18.8. The van der Waals surface area contributed by atoms with Crippen molar-refractivity contribution >= 4 is 79.4 Å². The van der Waals surface area contributed by atoms with Crippen LogP contribution in [0.5, 0.6) is 0 Å². The number of hydrogen-bond donors (Lipinski definition) is 0. The predicted molar refractivity (Wildman–Crippen MR) is 194 cm³/mol. The highest BCUT2D eigenvalue weighted by atomic mass is 32.1. The summed E-state index contributed by atoms with van der Waals surface area (Å²) in [6.45, 7) is 14.5. The number of rotatable bonds is 6. The summed E-state index contributed by atoms with van der Waals surface area (Å²) in [6, 6.07) is 27.1. The number of benzene rings is 4. The van der Waals surface area contributed by atoms with Crippen LogP contribution >= 0.6 is 19.3 Å². The molecule has 0 N–H and O–H groups in total. The normalized spacial score (nSPS) is 19.5. The minimum absolute atomic E-state index is 0.307. The molecule has 43 heavy (non-hydrogen) atoms. The van der Waals surface area contributed by atoms with Gasteiger partial charge in [0, 0.05) is 26.2 Å². The second-order valence-corrected chi connectivity index (χ2v) is 16.4. The lowest BCUT2D eigenvalue weighted by atomic mass is 9.37. The summed E-state index contributed by atoms with van der Waals surface area (Å²) in [4.78, 5) is 2.67. The second kappa shape index (κ2) is 10.4. The lowest BCUT2D eigenvalue weighted by Gasteiger charge is -2.42. The summed E-state index contributed by atoms with van der Waals surface area (Å²) in [7, 11) is -0.408. The molecule has 0 bridgehead atoms. The number of thiophene rings is 1. The Hall–Kier alpha value is -2.87.